The van der Waals surface area contributed by atoms with Gasteiger partial charge >= 0.3 is 0 Å². The summed E-state index contributed by atoms with van der Waals surface area (Å²) in [6, 6.07) is 0. The van der Waals surface area contributed by atoms with Gasteiger partial charge in [0.1, 0.15) is 12.7 Å². The maximum Gasteiger partial charge on any atom is 0.258 e. The lowest BCUT2D eigenvalue weighted by molar-refractivity contribution is 0.153. The third kappa shape index (κ3) is 2.64. The summed E-state index contributed by atoms with van der Waals surface area (Å²) in [5, 5.41) is 13.7. The van der Waals surface area contributed by atoms with Gasteiger partial charge < -0.3 is 10.0 Å². The Morgan fingerprint density at radius 1 is 1.26 bits per heavy atom. The molecule has 3 heterocycles. The fourth-order valence-corrected chi connectivity index (χ4v) is 2.17. The number of β-amino-alcohol motifs (C(OH)–C–C–N with tert-alkyl or cyclic N) is 1. The highest BCUT2D eigenvalue weighted by atomic mass is 35.5. The van der Waals surface area contributed by atoms with Gasteiger partial charge in [-0.1, -0.05) is 0 Å². The van der Waals surface area contributed by atoms with Crippen molar-refractivity contribution in [2.24, 2.45) is 0 Å². The topological polar surface area (TPSA) is 92.8 Å². The van der Waals surface area contributed by atoms with E-state index in [0.29, 0.717) is 18.4 Å². The van der Waals surface area contributed by atoms with Crippen molar-refractivity contribution in [3.63, 3.8) is 0 Å². The molecule has 2 aromatic heterocycles. The van der Waals surface area contributed by atoms with Crippen LogP contribution < -0.4 is 4.90 Å². The molecule has 1 atom stereocenters. The average molecular weight is 282 g/mol. The van der Waals surface area contributed by atoms with E-state index >= 15 is 0 Å². The zero-order valence-electron chi connectivity index (χ0n) is 10.0. The Bertz CT molecular complexity index is 561. The van der Waals surface area contributed by atoms with E-state index in [-0.39, 0.29) is 11.4 Å². The summed E-state index contributed by atoms with van der Waals surface area (Å²) >= 11 is 5.91. The van der Waals surface area contributed by atoms with Crippen LogP contribution >= 0.6 is 11.6 Å². The molecule has 1 N–H and O–H groups in total. The van der Waals surface area contributed by atoms with Crippen molar-refractivity contribution in [3.05, 3.63) is 17.9 Å². The van der Waals surface area contributed by atoms with Crippen LogP contribution in [-0.2, 0) is 0 Å². The predicted octanol–water partition coefficient (Wildman–Crippen LogP) is 0.0668. The summed E-state index contributed by atoms with van der Waals surface area (Å²) in [6.07, 6.45) is 4.20. The number of aliphatic hydroxyl groups is 1. The fourth-order valence-electron chi connectivity index (χ4n) is 2.02. The summed E-state index contributed by atoms with van der Waals surface area (Å²) in [4.78, 5) is 18.1. The first-order chi connectivity index (χ1) is 9.22. The first-order valence-electron chi connectivity index (χ1n) is 5.92. The second kappa shape index (κ2) is 5.06. The van der Waals surface area contributed by atoms with Crippen molar-refractivity contribution >= 4 is 17.5 Å². The number of piperidine rings is 1. The predicted molar refractivity (Wildman–Crippen MR) is 67.2 cm³/mol. The van der Waals surface area contributed by atoms with Gasteiger partial charge in [-0.05, 0) is 24.4 Å². The number of anilines is 1. The lowest BCUT2D eigenvalue weighted by Crippen LogP contribution is -2.39. The van der Waals surface area contributed by atoms with E-state index in [4.69, 9.17) is 11.6 Å². The van der Waals surface area contributed by atoms with Gasteiger partial charge in [-0.3, -0.25) is 0 Å². The quantitative estimate of drug-likeness (QED) is 0.832. The summed E-state index contributed by atoms with van der Waals surface area (Å²) < 4.78 is 1.41. The molecule has 1 aliphatic heterocycles. The van der Waals surface area contributed by atoms with Crippen LogP contribution in [0.25, 0.3) is 5.95 Å². The Balaban J connectivity index is 1.93. The number of aliphatic hydroxyl groups excluding tert-OH is 1. The van der Waals surface area contributed by atoms with Gasteiger partial charge in [-0.15, -0.1) is 0 Å². The minimum Gasteiger partial charge on any atom is -0.391 e. The van der Waals surface area contributed by atoms with Crippen molar-refractivity contribution in [1.82, 2.24) is 29.7 Å². The van der Waals surface area contributed by atoms with Gasteiger partial charge in [0.05, 0.1) is 6.10 Å². The van der Waals surface area contributed by atoms with Crippen molar-refractivity contribution in [1.29, 1.82) is 0 Å². The van der Waals surface area contributed by atoms with E-state index in [9.17, 15) is 5.11 Å². The number of halogens is 1. The smallest absolute Gasteiger partial charge is 0.258 e. The molecular formula is C10H12ClN7O. The molecule has 9 heteroatoms. The highest BCUT2D eigenvalue weighted by Crippen LogP contribution is 2.18. The molecule has 100 valence electrons. The minimum absolute atomic E-state index is 0.0931. The molecule has 1 aliphatic rings. The number of nitrogens with zero attached hydrogens (tertiary/aromatic N) is 7. The lowest BCUT2D eigenvalue weighted by Gasteiger charge is -2.29. The summed E-state index contributed by atoms with van der Waals surface area (Å²) in [5.41, 5.74) is 0. The Morgan fingerprint density at radius 2 is 2.11 bits per heavy atom. The second-order valence-electron chi connectivity index (χ2n) is 4.29. The normalized spacial score (nSPS) is 19.7. The maximum absolute atomic E-state index is 9.69. The van der Waals surface area contributed by atoms with Crippen molar-refractivity contribution in [2.45, 2.75) is 18.9 Å². The molecule has 19 heavy (non-hydrogen) atoms. The molecule has 2 aromatic rings. The van der Waals surface area contributed by atoms with Crippen LogP contribution in [0.4, 0.5) is 5.95 Å². The van der Waals surface area contributed by atoms with Crippen molar-refractivity contribution in [2.75, 3.05) is 18.0 Å². The van der Waals surface area contributed by atoms with Crippen LogP contribution in [0.15, 0.2) is 12.7 Å². The number of hydrogen-bond donors (Lipinski definition) is 1. The van der Waals surface area contributed by atoms with Crippen LogP contribution in [0.1, 0.15) is 12.8 Å². The molecule has 0 bridgehead atoms. The van der Waals surface area contributed by atoms with Gasteiger partial charge in [0.2, 0.25) is 11.2 Å². The largest absolute Gasteiger partial charge is 0.391 e. The molecule has 0 aliphatic carbocycles. The van der Waals surface area contributed by atoms with E-state index in [1.165, 1.54) is 17.3 Å². The zero-order chi connectivity index (χ0) is 13.2. The van der Waals surface area contributed by atoms with Crippen LogP contribution in [0, 0.1) is 0 Å². The second-order valence-corrected chi connectivity index (χ2v) is 4.62. The molecule has 0 amide bonds. The first kappa shape index (κ1) is 12.2. The average Bonchev–Trinajstić information content (AvgIpc) is 2.92. The first-order valence-corrected chi connectivity index (χ1v) is 6.30. The van der Waals surface area contributed by atoms with Crippen molar-refractivity contribution < 1.29 is 5.11 Å². The van der Waals surface area contributed by atoms with E-state index in [0.717, 1.165) is 19.4 Å². The van der Waals surface area contributed by atoms with Gasteiger partial charge in [0.15, 0.2) is 0 Å². The molecule has 1 unspecified atom stereocenters. The Kier molecular flexibility index (Phi) is 3.26. The van der Waals surface area contributed by atoms with Gasteiger partial charge in [0, 0.05) is 13.1 Å². The molecular weight excluding hydrogens is 270 g/mol. The number of hydrogen-bond acceptors (Lipinski definition) is 7. The van der Waals surface area contributed by atoms with E-state index in [1.807, 2.05) is 4.90 Å². The number of rotatable bonds is 2. The maximum atomic E-state index is 9.69. The van der Waals surface area contributed by atoms with Crippen molar-refractivity contribution in [3.8, 4) is 5.95 Å². The van der Waals surface area contributed by atoms with E-state index in [2.05, 4.69) is 25.0 Å². The fraction of sp³-hybridized carbons (Fsp3) is 0.500. The highest BCUT2D eigenvalue weighted by molar-refractivity contribution is 6.28. The molecule has 0 aromatic carbocycles. The third-order valence-electron chi connectivity index (χ3n) is 2.89. The summed E-state index contributed by atoms with van der Waals surface area (Å²) in [6.45, 7) is 1.28. The SMILES string of the molecule is OC1CCCN(c2nc(Cl)nc(-n3cncn3)n2)C1. The molecule has 8 nitrogen and oxygen atoms in total. The van der Waals surface area contributed by atoms with Gasteiger partial charge in [-0.2, -0.15) is 24.7 Å². The van der Waals surface area contributed by atoms with E-state index < -0.39 is 0 Å². The van der Waals surface area contributed by atoms with Crippen LogP contribution in [0.3, 0.4) is 0 Å². The highest BCUT2D eigenvalue weighted by Gasteiger charge is 2.21. The molecule has 0 radical (unpaired) electrons. The Labute approximate surface area is 114 Å². The summed E-state index contributed by atoms with van der Waals surface area (Å²) in [5.74, 6) is 0.761. The lowest BCUT2D eigenvalue weighted by atomic mass is 10.1. The van der Waals surface area contributed by atoms with Gasteiger partial charge in [-0.25, -0.2) is 4.98 Å². The van der Waals surface area contributed by atoms with Crippen LogP contribution in [-0.4, -0.2) is 54.0 Å². The van der Waals surface area contributed by atoms with E-state index in [1.54, 1.807) is 0 Å². The minimum atomic E-state index is -0.362. The zero-order valence-corrected chi connectivity index (χ0v) is 10.8. The van der Waals surface area contributed by atoms with Gasteiger partial charge in [0.25, 0.3) is 5.95 Å². The molecule has 3 rings (SSSR count). The molecule has 1 fully saturated rings. The Hall–Kier alpha value is -1.80. The van der Waals surface area contributed by atoms with Crippen LogP contribution in [0.2, 0.25) is 5.28 Å². The van der Waals surface area contributed by atoms with Crippen LogP contribution in [0.5, 0.6) is 0 Å². The summed E-state index contributed by atoms with van der Waals surface area (Å²) in [7, 11) is 0. The molecule has 0 saturated carbocycles. The standard InChI is InChI=1S/C10H12ClN7O/c11-8-14-9(17-3-1-2-7(19)4-17)16-10(15-8)18-6-12-5-13-18/h5-7,19H,1-4H2. The number of aromatic nitrogens is 6. The third-order valence-corrected chi connectivity index (χ3v) is 3.06. The monoisotopic (exact) mass is 281 g/mol. The molecule has 1 saturated heterocycles. The molecule has 0 spiro atoms. The Morgan fingerprint density at radius 3 is 2.84 bits per heavy atom.